The van der Waals surface area contributed by atoms with Crippen molar-refractivity contribution in [2.45, 2.75) is 19.4 Å². The molecule has 176 valence electrons. The Hall–Kier alpha value is -4.00. The van der Waals surface area contributed by atoms with Crippen LogP contribution in [0.2, 0.25) is 0 Å². The molecule has 0 N–H and O–H groups in total. The molecular formula is C27H27NO6. The fourth-order valence-electron chi connectivity index (χ4n) is 4.26. The van der Waals surface area contributed by atoms with Gasteiger partial charge in [0.1, 0.15) is 5.75 Å². The van der Waals surface area contributed by atoms with Gasteiger partial charge in [0.15, 0.2) is 11.5 Å². The Morgan fingerprint density at radius 1 is 0.912 bits per heavy atom. The van der Waals surface area contributed by atoms with Crippen LogP contribution in [0, 0.1) is 0 Å². The summed E-state index contributed by atoms with van der Waals surface area (Å²) in [5.41, 5.74) is 3.85. The first-order valence-corrected chi connectivity index (χ1v) is 11.0. The highest BCUT2D eigenvalue weighted by Gasteiger charge is 2.36. The Balaban J connectivity index is 1.84. The zero-order valence-corrected chi connectivity index (χ0v) is 19.7. The third kappa shape index (κ3) is 4.29. The van der Waals surface area contributed by atoms with Crippen molar-refractivity contribution in [3.8, 4) is 17.2 Å². The van der Waals surface area contributed by atoms with Crippen LogP contribution in [0.25, 0.3) is 0 Å². The number of methoxy groups -OCH3 is 3. The molecular weight excluding hydrogens is 434 g/mol. The number of esters is 1. The van der Waals surface area contributed by atoms with Gasteiger partial charge in [-0.25, -0.2) is 4.79 Å². The van der Waals surface area contributed by atoms with Crippen molar-refractivity contribution < 1.29 is 28.5 Å². The van der Waals surface area contributed by atoms with Crippen molar-refractivity contribution in [3.05, 3.63) is 82.9 Å². The molecule has 1 amide bonds. The van der Waals surface area contributed by atoms with E-state index in [9.17, 15) is 9.59 Å². The number of anilines is 1. The maximum absolute atomic E-state index is 13.5. The number of ether oxygens (including phenoxy) is 4. The minimum Gasteiger partial charge on any atom is -0.497 e. The van der Waals surface area contributed by atoms with Crippen molar-refractivity contribution in [2.24, 2.45) is 0 Å². The number of carbonyl (C=O) groups is 2. The lowest BCUT2D eigenvalue weighted by Crippen LogP contribution is -2.41. The molecule has 0 aliphatic carbocycles. The van der Waals surface area contributed by atoms with E-state index in [2.05, 4.69) is 0 Å². The van der Waals surface area contributed by atoms with Gasteiger partial charge in [0, 0.05) is 5.69 Å². The Kier molecular flexibility index (Phi) is 6.72. The van der Waals surface area contributed by atoms with Gasteiger partial charge >= 0.3 is 5.97 Å². The monoisotopic (exact) mass is 461 g/mol. The van der Waals surface area contributed by atoms with Gasteiger partial charge in [0.05, 0.1) is 46.0 Å². The van der Waals surface area contributed by atoms with Crippen LogP contribution >= 0.6 is 0 Å². The van der Waals surface area contributed by atoms with Crippen molar-refractivity contribution >= 4 is 17.6 Å². The second kappa shape index (κ2) is 9.87. The van der Waals surface area contributed by atoms with E-state index in [1.54, 1.807) is 57.4 Å². The molecule has 1 atom stereocenters. The van der Waals surface area contributed by atoms with Crippen LogP contribution in [-0.2, 0) is 16.0 Å². The smallest absolute Gasteiger partial charge is 0.338 e. The van der Waals surface area contributed by atoms with Crippen LogP contribution in [0.3, 0.4) is 0 Å². The fraction of sp³-hybridized carbons (Fsp3) is 0.259. The Morgan fingerprint density at radius 3 is 2.15 bits per heavy atom. The molecule has 4 rings (SSSR count). The molecule has 3 aromatic rings. The number of rotatable bonds is 7. The molecule has 1 heterocycles. The molecule has 0 bridgehead atoms. The van der Waals surface area contributed by atoms with Crippen LogP contribution in [-0.4, -0.2) is 39.8 Å². The highest BCUT2D eigenvalue weighted by Crippen LogP contribution is 2.43. The summed E-state index contributed by atoms with van der Waals surface area (Å²) in [6, 6.07) is 17.9. The normalized spacial score (nSPS) is 14.9. The van der Waals surface area contributed by atoms with Gasteiger partial charge in [-0.2, -0.15) is 0 Å². The molecule has 1 aliphatic heterocycles. The third-order valence-corrected chi connectivity index (χ3v) is 5.90. The predicted molar refractivity (Wildman–Crippen MR) is 128 cm³/mol. The van der Waals surface area contributed by atoms with Gasteiger partial charge in [-0.15, -0.1) is 0 Å². The lowest BCUT2D eigenvalue weighted by atomic mass is 9.86. The second-order valence-electron chi connectivity index (χ2n) is 7.79. The number of nitrogens with zero attached hydrogens (tertiary/aromatic N) is 1. The minimum absolute atomic E-state index is 0.0653. The number of amides is 1. The van der Waals surface area contributed by atoms with Crippen LogP contribution in [0.1, 0.15) is 40.0 Å². The number of fused-ring (bicyclic) bond motifs is 1. The van der Waals surface area contributed by atoms with Crippen LogP contribution in [0.15, 0.2) is 60.7 Å². The molecule has 0 saturated heterocycles. The lowest BCUT2D eigenvalue weighted by molar-refractivity contribution is -0.118. The largest absolute Gasteiger partial charge is 0.497 e. The molecule has 7 heteroatoms. The predicted octanol–water partition coefficient (Wildman–Crippen LogP) is 4.57. The lowest BCUT2D eigenvalue weighted by Gasteiger charge is -2.38. The number of hydrogen-bond acceptors (Lipinski definition) is 6. The van der Waals surface area contributed by atoms with E-state index >= 15 is 0 Å². The molecule has 0 spiro atoms. The molecule has 0 saturated carbocycles. The molecule has 1 aliphatic rings. The zero-order valence-electron chi connectivity index (χ0n) is 19.7. The van der Waals surface area contributed by atoms with Crippen LogP contribution in [0.4, 0.5) is 5.69 Å². The highest BCUT2D eigenvalue weighted by molar-refractivity contribution is 5.99. The minimum atomic E-state index is -0.407. The molecule has 3 aromatic carbocycles. The van der Waals surface area contributed by atoms with E-state index in [1.807, 2.05) is 36.4 Å². The van der Waals surface area contributed by atoms with Gasteiger partial charge < -0.3 is 23.8 Å². The Morgan fingerprint density at radius 2 is 1.56 bits per heavy atom. The van der Waals surface area contributed by atoms with Crippen molar-refractivity contribution in [1.82, 2.24) is 0 Å². The summed E-state index contributed by atoms with van der Waals surface area (Å²) >= 11 is 0. The number of benzene rings is 3. The Labute approximate surface area is 198 Å². The van der Waals surface area contributed by atoms with Crippen molar-refractivity contribution in [1.29, 1.82) is 0 Å². The Bertz CT molecular complexity index is 1190. The van der Waals surface area contributed by atoms with Gasteiger partial charge in [-0.1, -0.05) is 12.1 Å². The summed E-state index contributed by atoms with van der Waals surface area (Å²) in [5.74, 6) is 1.43. The zero-order chi connectivity index (χ0) is 24.2. The van der Waals surface area contributed by atoms with Crippen LogP contribution in [0.5, 0.6) is 17.2 Å². The molecule has 7 nitrogen and oxygen atoms in total. The number of carbonyl (C=O) groups excluding carboxylic acids is 2. The number of hydrogen-bond donors (Lipinski definition) is 0. The van der Waals surface area contributed by atoms with E-state index in [1.165, 1.54) is 0 Å². The summed E-state index contributed by atoms with van der Waals surface area (Å²) in [7, 11) is 4.78. The molecule has 0 radical (unpaired) electrons. The molecule has 0 fully saturated rings. The molecule has 0 aromatic heterocycles. The molecule has 0 unspecified atom stereocenters. The van der Waals surface area contributed by atoms with Gasteiger partial charge in [0.25, 0.3) is 0 Å². The maximum atomic E-state index is 13.5. The first kappa shape index (κ1) is 23.2. The van der Waals surface area contributed by atoms with Crippen LogP contribution < -0.4 is 19.1 Å². The van der Waals surface area contributed by atoms with E-state index < -0.39 is 12.0 Å². The van der Waals surface area contributed by atoms with Crippen molar-refractivity contribution in [2.75, 3.05) is 32.8 Å². The maximum Gasteiger partial charge on any atom is 0.338 e. The first-order valence-electron chi connectivity index (χ1n) is 11.0. The van der Waals surface area contributed by atoms with E-state index in [-0.39, 0.29) is 12.3 Å². The topological polar surface area (TPSA) is 74.3 Å². The quantitative estimate of drug-likeness (QED) is 0.480. The highest BCUT2D eigenvalue weighted by atomic mass is 16.5. The van der Waals surface area contributed by atoms with E-state index in [0.29, 0.717) is 29.4 Å². The second-order valence-corrected chi connectivity index (χ2v) is 7.79. The van der Waals surface area contributed by atoms with Gasteiger partial charge in [0.2, 0.25) is 5.91 Å². The first-order chi connectivity index (χ1) is 16.5. The summed E-state index contributed by atoms with van der Waals surface area (Å²) in [6.45, 7) is 2.06. The van der Waals surface area contributed by atoms with E-state index in [0.717, 1.165) is 22.4 Å². The average molecular weight is 462 g/mol. The fourth-order valence-corrected chi connectivity index (χ4v) is 4.26. The van der Waals surface area contributed by atoms with Gasteiger partial charge in [-0.05, 0) is 72.1 Å². The SMILES string of the molecule is CCOC(=O)c1ccc(N2C(=O)Cc3cc(OC)c(OC)cc3[C@H]2c2ccc(OC)cc2)cc1. The van der Waals surface area contributed by atoms with Gasteiger partial charge in [-0.3, -0.25) is 4.79 Å². The molecule has 34 heavy (non-hydrogen) atoms. The van der Waals surface area contributed by atoms with E-state index in [4.69, 9.17) is 18.9 Å². The standard InChI is InChI=1S/C27H27NO6/c1-5-34-27(30)18-6-10-20(11-7-18)28-25(29)15-19-14-23(32-3)24(33-4)16-22(19)26(28)17-8-12-21(31-2)13-9-17/h6-14,16,26H,5,15H2,1-4H3/t26-/m1/s1. The summed E-state index contributed by atoms with van der Waals surface area (Å²) in [4.78, 5) is 27.3. The summed E-state index contributed by atoms with van der Waals surface area (Å²) < 4.78 is 21.4. The average Bonchev–Trinajstić information content (AvgIpc) is 2.87. The summed E-state index contributed by atoms with van der Waals surface area (Å²) in [6.07, 6.45) is 0.210. The van der Waals surface area contributed by atoms with Crippen molar-refractivity contribution in [3.63, 3.8) is 0 Å². The summed E-state index contributed by atoms with van der Waals surface area (Å²) in [5, 5.41) is 0. The third-order valence-electron chi connectivity index (χ3n) is 5.90.